The van der Waals surface area contributed by atoms with Crippen molar-refractivity contribution < 1.29 is 17.9 Å². The molecule has 0 heterocycles. The zero-order chi connectivity index (χ0) is 20.0. The summed E-state index contributed by atoms with van der Waals surface area (Å²) in [4.78, 5) is 12.6. The summed E-state index contributed by atoms with van der Waals surface area (Å²) in [6.07, 6.45) is 0. The Bertz CT molecular complexity index is 1020. The third kappa shape index (κ3) is 5.28. The number of carbonyl (C=O) groups excluding carboxylic acids is 1. The second-order valence-corrected chi connectivity index (χ2v) is 8.49. The number of benzene rings is 3. The summed E-state index contributed by atoms with van der Waals surface area (Å²) in [5, 5.41) is -0.792. The van der Waals surface area contributed by atoms with Crippen molar-refractivity contribution in [3.05, 3.63) is 96.1 Å². The van der Waals surface area contributed by atoms with Gasteiger partial charge in [0.15, 0.2) is 5.01 Å². The van der Waals surface area contributed by atoms with E-state index in [4.69, 9.17) is 4.74 Å². The van der Waals surface area contributed by atoms with E-state index in [1.54, 1.807) is 42.5 Å². The van der Waals surface area contributed by atoms with Crippen LogP contribution in [0.25, 0.3) is 0 Å². The molecule has 7 heteroatoms. The van der Waals surface area contributed by atoms with Gasteiger partial charge in [0, 0.05) is 11.3 Å². The fourth-order valence-electron chi connectivity index (χ4n) is 2.47. The summed E-state index contributed by atoms with van der Waals surface area (Å²) in [6.45, 7) is 0.303. The van der Waals surface area contributed by atoms with E-state index in [9.17, 15) is 13.2 Å². The number of rotatable bonds is 8. The summed E-state index contributed by atoms with van der Waals surface area (Å²) in [7, 11) is -3.67. The number of Topliss-reactive ketones (excluding diaryl/α,β-unsaturated/α-hetero) is 1. The Balaban J connectivity index is 1.62. The van der Waals surface area contributed by atoms with Gasteiger partial charge < -0.3 is 4.74 Å². The van der Waals surface area contributed by atoms with Crippen LogP contribution >= 0.6 is 15.9 Å². The average Bonchev–Trinajstić information content (AvgIpc) is 2.73. The van der Waals surface area contributed by atoms with Crippen LogP contribution in [0.5, 0.6) is 0 Å². The fourth-order valence-corrected chi connectivity index (χ4v) is 3.94. The van der Waals surface area contributed by atoms with Gasteiger partial charge in [-0.1, -0.05) is 48.5 Å². The second-order valence-electron chi connectivity index (χ2n) is 5.97. The standard InChI is InChI=1S/C21H18BrNO4S/c22-21(27-15-16-7-3-1-4-8-16)20(24)17-11-13-18(14-12-17)23-28(25,26)19-9-5-2-6-10-19/h1-14,21,23H,15H2. The highest BCUT2D eigenvalue weighted by atomic mass is 79.9. The van der Waals surface area contributed by atoms with E-state index in [0.29, 0.717) is 17.9 Å². The van der Waals surface area contributed by atoms with Crippen molar-refractivity contribution in [3.63, 3.8) is 0 Å². The lowest BCUT2D eigenvalue weighted by Gasteiger charge is -2.12. The van der Waals surface area contributed by atoms with Gasteiger partial charge in [0.25, 0.3) is 10.0 Å². The van der Waals surface area contributed by atoms with Crippen LogP contribution < -0.4 is 4.72 Å². The van der Waals surface area contributed by atoms with Crippen molar-refractivity contribution in [3.8, 4) is 0 Å². The lowest BCUT2D eigenvalue weighted by Crippen LogP contribution is -2.18. The number of ether oxygens (including phenoxy) is 1. The first-order valence-corrected chi connectivity index (χ1v) is 10.9. The second kappa shape index (κ2) is 9.14. The molecule has 28 heavy (non-hydrogen) atoms. The van der Waals surface area contributed by atoms with Crippen LogP contribution in [0.1, 0.15) is 15.9 Å². The lowest BCUT2D eigenvalue weighted by atomic mass is 10.1. The van der Waals surface area contributed by atoms with E-state index in [0.717, 1.165) is 5.56 Å². The number of hydrogen-bond acceptors (Lipinski definition) is 4. The zero-order valence-corrected chi connectivity index (χ0v) is 17.2. The van der Waals surface area contributed by atoms with Gasteiger partial charge in [-0.3, -0.25) is 9.52 Å². The van der Waals surface area contributed by atoms with Gasteiger partial charge in [0.2, 0.25) is 5.78 Å². The molecular formula is C21H18BrNO4S. The SMILES string of the molecule is O=C(c1ccc(NS(=O)(=O)c2ccccc2)cc1)C(Br)OCc1ccccc1. The van der Waals surface area contributed by atoms with Crippen molar-refractivity contribution >= 4 is 37.4 Å². The largest absolute Gasteiger partial charge is 0.354 e. The molecule has 1 unspecified atom stereocenters. The van der Waals surface area contributed by atoms with Gasteiger partial charge in [0.1, 0.15) is 0 Å². The minimum Gasteiger partial charge on any atom is -0.354 e. The molecule has 0 aliphatic carbocycles. The van der Waals surface area contributed by atoms with Gasteiger partial charge in [0.05, 0.1) is 11.5 Å². The van der Waals surface area contributed by atoms with Crippen LogP contribution in [0.2, 0.25) is 0 Å². The van der Waals surface area contributed by atoms with Crippen molar-refractivity contribution in [1.82, 2.24) is 0 Å². The first-order valence-electron chi connectivity index (χ1n) is 8.47. The molecule has 0 fully saturated rings. The first kappa shape index (κ1) is 20.3. The van der Waals surface area contributed by atoms with Crippen molar-refractivity contribution in [2.75, 3.05) is 4.72 Å². The predicted octanol–water partition coefficient (Wildman–Crippen LogP) is 4.61. The molecule has 1 N–H and O–H groups in total. The van der Waals surface area contributed by atoms with E-state index < -0.39 is 15.0 Å². The molecule has 5 nitrogen and oxygen atoms in total. The number of sulfonamides is 1. The molecule has 144 valence electrons. The van der Waals surface area contributed by atoms with E-state index in [-0.39, 0.29) is 10.7 Å². The minimum absolute atomic E-state index is 0.171. The Kier molecular flexibility index (Phi) is 6.61. The predicted molar refractivity (Wildman–Crippen MR) is 112 cm³/mol. The maximum Gasteiger partial charge on any atom is 0.261 e. The molecule has 3 aromatic carbocycles. The molecule has 1 atom stereocenters. The monoisotopic (exact) mass is 459 g/mol. The van der Waals surface area contributed by atoms with Crippen LogP contribution in [0, 0.1) is 0 Å². The molecule has 0 bridgehead atoms. The Hall–Kier alpha value is -2.48. The number of ketones is 1. The van der Waals surface area contributed by atoms with Gasteiger partial charge in [-0.2, -0.15) is 0 Å². The highest BCUT2D eigenvalue weighted by molar-refractivity contribution is 9.09. The Morgan fingerprint density at radius 3 is 2.07 bits per heavy atom. The molecule has 0 saturated heterocycles. The quantitative estimate of drug-likeness (QED) is 0.394. The summed E-state index contributed by atoms with van der Waals surface area (Å²) in [5.41, 5.74) is 1.75. The zero-order valence-electron chi connectivity index (χ0n) is 14.8. The van der Waals surface area contributed by atoms with Crippen LogP contribution in [-0.4, -0.2) is 19.2 Å². The van der Waals surface area contributed by atoms with Crippen LogP contribution in [-0.2, 0) is 21.4 Å². The van der Waals surface area contributed by atoms with Crippen molar-refractivity contribution in [1.29, 1.82) is 0 Å². The van der Waals surface area contributed by atoms with E-state index in [1.165, 1.54) is 12.1 Å². The number of halogens is 1. The molecule has 0 aliphatic rings. The normalized spacial score (nSPS) is 12.3. The summed E-state index contributed by atoms with van der Waals surface area (Å²) < 4.78 is 32.7. The van der Waals surface area contributed by atoms with Crippen LogP contribution in [0.3, 0.4) is 0 Å². The molecular weight excluding hydrogens is 442 g/mol. The highest BCUT2D eigenvalue weighted by Crippen LogP contribution is 2.19. The third-order valence-corrected chi connectivity index (χ3v) is 6.00. The molecule has 3 rings (SSSR count). The topological polar surface area (TPSA) is 72.5 Å². The van der Waals surface area contributed by atoms with Gasteiger partial charge >= 0.3 is 0 Å². The van der Waals surface area contributed by atoms with Crippen molar-refractivity contribution in [2.45, 2.75) is 16.5 Å². The number of hydrogen-bond donors (Lipinski definition) is 1. The van der Waals surface area contributed by atoms with Gasteiger partial charge in [-0.25, -0.2) is 8.42 Å². The van der Waals surface area contributed by atoms with Crippen LogP contribution in [0.15, 0.2) is 89.8 Å². The first-order chi connectivity index (χ1) is 13.5. The van der Waals surface area contributed by atoms with Crippen molar-refractivity contribution in [2.24, 2.45) is 0 Å². The van der Waals surface area contributed by atoms with E-state index in [1.807, 2.05) is 30.3 Å². The third-order valence-electron chi connectivity index (χ3n) is 3.92. The fraction of sp³-hybridized carbons (Fsp3) is 0.0952. The molecule has 0 radical (unpaired) electrons. The number of nitrogens with one attached hydrogen (secondary N) is 1. The van der Waals surface area contributed by atoms with Gasteiger partial charge in [-0.05, 0) is 57.9 Å². The molecule has 3 aromatic rings. The molecule has 0 spiro atoms. The van der Waals surface area contributed by atoms with Crippen LogP contribution in [0.4, 0.5) is 5.69 Å². The number of anilines is 1. The van der Waals surface area contributed by atoms with E-state index >= 15 is 0 Å². The average molecular weight is 460 g/mol. The lowest BCUT2D eigenvalue weighted by molar-refractivity contribution is 0.0652. The maximum absolute atomic E-state index is 12.5. The Morgan fingerprint density at radius 1 is 0.893 bits per heavy atom. The Morgan fingerprint density at radius 2 is 1.46 bits per heavy atom. The molecule has 0 amide bonds. The minimum atomic E-state index is -3.67. The molecule has 0 aliphatic heterocycles. The van der Waals surface area contributed by atoms with E-state index in [2.05, 4.69) is 20.7 Å². The number of carbonyl (C=O) groups is 1. The summed E-state index contributed by atoms with van der Waals surface area (Å²) in [5.74, 6) is -0.242. The summed E-state index contributed by atoms with van der Waals surface area (Å²) >= 11 is 3.25. The molecule has 0 saturated carbocycles. The highest BCUT2D eigenvalue weighted by Gasteiger charge is 2.18. The smallest absolute Gasteiger partial charge is 0.261 e. The molecule has 0 aromatic heterocycles. The summed E-state index contributed by atoms with van der Waals surface area (Å²) in [6, 6.07) is 23.8. The Labute approximate surface area is 172 Å². The number of alkyl halides is 1. The maximum atomic E-state index is 12.5. The van der Waals surface area contributed by atoms with Gasteiger partial charge in [-0.15, -0.1) is 0 Å².